The molecule has 0 unspecified atom stereocenters. The summed E-state index contributed by atoms with van der Waals surface area (Å²) in [6.45, 7) is 3.70. The van der Waals surface area contributed by atoms with Gasteiger partial charge in [-0.3, -0.25) is 14.5 Å². The van der Waals surface area contributed by atoms with Gasteiger partial charge in [-0.15, -0.1) is 0 Å². The third kappa shape index (κ3) is 4.86. The van der Waals surface area contributed by atoms with Crippen LogP contribution in [-0.4, -0.2) is 26.5 Å². The Labute approximate surface area is 229 Å². The van der Waals surface area contributed by atoms with Gasteiger partial charge in [0.2, 0.25) is 0 Å². The number of imide groups is 1. The minimum absolute atomic E-state index is 0.0383. The number of aryl methyl sites for hydroxylation is 1. The smallest absolute Gasteiger partial charge is 0.269 e. The highest BCUT2D eigenvalue weighted by molar-refractivity contribution is 9.10. The van der Waals surface area contributed by atoms with Crippen LogP contribution in [0.3, 0.4) is 0 Å². The van der Waals surface area contributed by atoms with Gasteiger partial charge in [0.15, 0.2) is 0 Å². The van der Waals surface area contributed by atoms with Crippen molar-refractivity contribution in [2.24, 2.45) is 0 Å². The third-order valence-corrected chi connectivity index (χ3v) is 7.00. The van der Waals surface area contributed by atoms with Gasteiger partial charge < -0.3 is 0 Å². The first-order chi connectivity index (χ1) is 18.4. The standard InChI is InChI=1S/C31H23BrN4O2/c1-20-8-10-22(11-9-20)18-35-30(37)27(21(2)28(17-33)31(35)38)16-24-19-36(26-6-4-3-5-7-26)34-29(24)23-12-14-25(32)15-13-23/h3-16,19H,18H2,1-2H3/b27-16+. The van der Waals surface area contributed by atoms with Crippen LogP contribution in [-0.2, 0) is 16.1 Å². The normalized spacial score (nSPS) is 14.8. The maximum atomic E-state index is 13.7. The molecule has 0 bridgehead atoms. The Kier molecular flexibility index (Phi) is 6.91. The number of hydrogen-bond acceptors (Lipinski definition) is 4. The van der Waals surface area contributed by atoms with E-state index in [1.54, 1.807) is 17.7 Å². The highest BCUT2D eigenvalue weighted by Gasteiger charge is 2.35. The molecular weight excluding hydrogens is 540 g/mol. The fourth-order valence-corrected chi connectivity index (χ4v) is 4.61. The molecule has 0 radical (unpaired) electrons. The molecule has 0 saturated heterocycles. The Morgan fingerprint density at radius 2 is 1.61 bits per heavy atom. The molecular formula is C31H23BrN4O2. The Bertz CT molecular complexity index is 1640. The number of nitriles is 1. The third-order valence-electron chi connectivity index (χ3n) is 6.47. The number of benzene rings is 3. The van der Waals surface area contributed by atoms with Crippen LogP contribution in [0.25, 0.3) is 23.0 Å². The highest BCUT2D eigenvalue weighted by atomic mass is 79.9. The van der Waals surface area contributed by atoms with Gasteiger partial charge in [0.25, 0.3) is 11.8 Å². The summed E-state index contributed by atoms with van der Waals surface area (Å²) in [5.74, 6) is -1.03. The van der Waals surface area contributed by atoms with Gasteiger partial charge in [0, 0.05) is 27.4 Å². The summed E-state index contributed by atoms with van der Waals surface area (Å²) in [6, 6.07) is 27.1. The number of rotatable bonds is 5. The lowest BCUT2D eigenvalue weighted by Crippen LogP contribution is -2.42. The second-order valence-corrected chi connectivity index (χ2v) is 9.99. The molecule has 0 spiro atoms. The minimum Gasteiger partial charge on any atom is -0.269 e. The van der Waals surface area contributed by atoms with E-state index >= 15 is 0 Å². The predicted molar refractivity (Wildman–Crippen MR) is 150 cm³/mol. The van der Waals surface area contributed by atoms with E-state index in [0.29, 0.717) is 22.4 Å². The van der Waals surface area contributed by atoms with Gasteiger partial charge in [-0.1, -0.05) is 76.1 Å². The van der Waals surface area contributed by atoms with Crippen LogP contribution in [0.5, 0.6) is 0 Å². The van der Waals surface area contributed by atoms with Crippen molar-refractivity contribution < 1.29 is 9.59 Å². The number of nitrogens with zero attached hydrogens (tertiary/aromatic N) is 4. The van der Waals surface area contributed by atoms with Gasteiger partial charge in [0.1, 0.15) is 11.6 Å². The SMILES string of the molecule is CC1=C(C#N)C(=O)N(Cc2ccc(C)cc2)C(=O)/C1=C/c1cn(-c2ccccc2)nc1-c1ccc(Br)cc1. The van der Waals surface area contributed by atoms with E-state index in [-0.39, 0.29) is 12.1 Å². The molecule has 3 aromatic carbocycles. The molecule has 0 saturated carbocycles. The average molecular weight is 563 g/mol. The van der Waals surface area contributed by atoms with Crippen LogP contribution in [0.1, 0.15) is 23.6 Å². The molecule has 38 heavy (non-hydrogen) atoms. The molecule has 2 amide bonds. The van der Waals surface area contributed by atoms with Gasteiger partial charge in [-0.25, -0.2) is 4.68 Å². The fourth-order valence-electron chi connectivity index (χ4n) is 4.34. The second-order valence-electron chi connectivity index (χ2n) is 9.07. The lowest BCUT2D eigenvalue weighted by atomic mass is 9.93. The molecule has 0 aliphatic carbocycles. The summed E-state index contributed by atoms with van der Waals surface area (Å²) in [5, 5.41) is 14.6. The van der Waals surface area contributed by atoms with Gasteiger partial charge in [0.05, 0.1) is 17.9 Å². The summed E-state index contributed by atoms with van der Waals surface area (Å²) in [7, 11) is 0. The molecule has 2 heterocycles. The molecule has 1 aliphatic rings. The first-order valence-electron chi connectivity index (χ1n) is 12.0. The molecule has 0 atom stereocenters. The first-order valence-corrected chi connectivity index (χ1v) is 12.8. The molecule has 0 fully saturated rings. The lowest BCUT2D eigenvalue weighted by molar-refractivity contribution is -0.141. The topological polar surface area (TPSA) is 79.0 Å². The van der Waals surface area contributed by atoms with Gasteiger partial charge in [-0.2, -0.15) is 10.4 Å². The average Bonchev–Trinajstić information content (AvgIpc) is 3.35. The van der Waals surface area contributed by atoms with Gasteiger partial charge in [-0.05, 0) is 55.3 Å². The monoisotopic (exact) mass is 562 g/mol. The van der Waals surface area contributed by atoms with Crippen molar-refractivity contribution in [2.45, 2.75) is 20.4 Å². The maximum absolute atomic E-state index is 13.7. The number of carbonyl (C=O) groups is 2. The summed E-state index contributed by atoms with van der Waals surface area (Å²) in [4.78, 5) is 28.0. The van der Waals surface area contributed by atoms with Crippen LogP contribution in [0.15, 0.2) is 106 Å². The van der Waals surface area contributed by atoms with E-state index in [1.807, 2.05) is 98.1 Å². The molecule has 4 aromatic rings. The zero-order valence-electron chi connectivity index (χ0n) is 20.9. The van der Waals surface area contributed by atoms with Crippen molar-refractivity contribution >= 4 is 33.8 Å². The van der Waals surface area contributed by atoms with E-state index in [2.05, 4.69) is 15.9 Å². The van der Waals surface area contributed by atoms with Crippen molar-refractivity contribution in [2.75, 3.05) is 0 Å². The van der Waals surface area contributed by atoms with Crippen LogP contribution in [0, 0.1) is 18.3 Å². The summed E-state index contributed by atoms with van der Waals surface area (Å²) in [6.07, 6.45) is 3.58. The number of hydrogen-bond donors (Lipinski definition) is 0. The van der Waals surface area contributed by atoms with Crippen molar-refractivity contribution in [3.63, 3.8) is 0 Å². The number of carbonyl (C=O) groups excluding carboxylic acids is 2. The second kappa shape index (κ2) is 10.4. The summed E-state index contributed by atoms with van der Waals surface area (Å²) >= 11 is 3.48. The number of aromatic nitrogens is 2. The molecule has 5 rings (SSSR count). The largest absolute Gasteiger partial charge is 0.271 e. The number of halogens is 1. The van der Waals surface area contributed by atoms with Crippen molar-refractivity contribution in [1.82, 2.24) is 14.7 Å². The Balaban J connectivity index is 1.64. The Morgan fingerprint density at radius 3 is 2.26 bits per heavy atom. The van der Waals surface area contributed by atoms with Crippen molar-refractivity contribution in [3.8, 4) is 23.0 Å². The molecule has 1 aromatic heterocycles. The first kappa shape index (κ1) is 25.1. The zero-order chi connectivity index (χ0) is 26.8. The maximum Gasteiger partial charge on any atom is 0.271 e. The van der Waals surface area contributed by atoms with E-state index < -0.39 is 11.8 Å². The number of para-hydroxylation sites is 1. The molecule has 1 aliphatic heterocycles. The van der Waals surface area contributed by atoms with Gasteiger partial charge >= 0.3 is 0 Å². The van der Waals surface area contributed by atoms with Crippen LogP contribution >= 0.6 is 15.9 Å². The van der Waals surface area contributed by atoms with Crippen LogP contribution in [0.2, 0.25) is 0 Å². The summed E-state index contributed by atoms with van der Waals surface area (Å²) in [5.41, 5.74) is 5.60. The quantitative estimate of drug-likeness (QED) is 0.208. The lowest BCUT2D eigenvalue weighted by Gasteiger charge is -2.27. The Hall–Kier alpha value is -4.54. The molecule has 186 valence electrons. The molecule has 6 nitrogen and oxygen atoms in total. The fraction of sp³-hybridized carbons (Fsp3) is 0.0968. The van der Waals surface area contributed by atoms with E-state index in [1.165, 1.54) is 0 Å². The van der Waals surface area contributed by atoms with Crippen LogP contribution in [0.4, 0.5) is 0 Å². The minimum atomic E-state index is -0.583. The molecule has 0 N–H and O–H groups in total. The molecule has 7 heteroatoms. The van der Waals surface area contributed by atoms with Crippen LogP contribution < -0.4 is 0 Å². The number of amides is 2. The summed E-state index contributed by atoms with van der Waals surface area (Å²) < 4.78 is 2.70. The van der Waals surface area contributed by atoms with Crippen molar-refractivity contribution in [1.29, 1.82) is 5.26 Å². The predicted octanol–water partition coefficient (Wildman–Crippen LogP) is 6.40. The van der Waals surface area contributed by atoms with E-state index in [9.17, 15) is 14.9 Å². The zero-order valence-corrected chi connectivity index (χ0v) is 22.4. The van der Waals surface area contributed by atoms with E-state index in [0.717, 1.165) is 31.8 Å². The highest BCUT2D eigenvalue weighted by Crippen LogP contribution is 2.32. The Morgan fingerprint density at radius 1 is 0.921 bits per heavy atom. The van der Waals surface area contributed by atoms with Crippen molar-refractivity contribution in [3.05, 3.63) is 123 Å². The van der Waals surface area contributed by atoms with E-state index in [4.69, 9.17) is 5.10 Å².